The Kier molecular flexibility index (Phi) is 7.56. The van der Waals surface area contributed by atoms with Crippen molar-refractivity contribution in [2.24, 2.45) is 0 Å². The molecule has 2 heterocycles. The molecule has 1 aromatic heterocycles. The summed E-state index contributed by atoms with van der Waals surface area (Å²) in [6.45, 7) is 3.09. The first-order valence-corrected chi connectivity index (χ1v) is 10.9. The van der Waals surface area contributed by atoms with Crippen molar-refractivity contribution in [3.63, 3.8) is 0 Å². The van der Waals surface area contributed by atoms with E-state index in [2.05, 4.69) is 25.7 Å². The average molecular weight is 462 g/mol. The third kappa shape index (κ3) is 6.02. The van der Waals surface area contributed by atoms with Crippen LogP contribution in [0, 0.1) is 0 Å². The van der Waals surface area contributed by atoms with Gasteiger partial charge in [-0.05, 0) is 48.0 Å². The van der Waals surface area contributed by atoms with Crippen LogP contribution in [0.2, 0.25) is 0 Å². The maximum atomic E-state index is 12.3. The topological polar surface area (TPSA) is 97.8 Å². The first-order chi connectivity index (χ1) is 16.6. The molecule has 0 bridgehead atoms. The van der Waals surface area contributed by atoms with E-state index in [-0.39, 0.29) is 5.91 Å². The van der Waals surface area contributed by atoms with Crippen LogP contribution in [-0.2, 0) is 9.53 Å². The Balaban J connectivity index is 1.34. The van der Waals surface area contributed by atoms with Crippen molar-refractivity contribution in [1.82, 2.24) is 10.2 Å². The highest BCUT2D eigenvalue weighted by atomic mass is 16.5. The number of morpholine rings is 1. The second kappa shape index (κ2) is 11.2. The zero-order chi connectivity index (χ0) is 23.8. The van der Waals surface area contributed by atoms with Gasteiger partial charge in [0, 0.05) is 36.6 Å². The van der Waals surface area contributed by atoms with Crippen molar-refractivity contribution in [3.05, 3.63) is 66.4 Å². The fourth-order valence-electron chi connectivity index (χ4n) is 3.51. The summed E-state index contributed by atoms with van der Waals surface area (Å²) < 4.78 is 15.9. The van der Waals surface area contributed by atoms with Crippen LogP contribution in [0.25, 0.3) is 6.08 Å². The summed E-state index contributed by atoms with van der Waals surface area (Å²) in [4.78, 5) is 14.5. The number of methoxy groups -OCH3 is 2. The van der Waals surface area contributed by atoms with Gasteiger partial charge in [0.15, 0.2) is 17.3 Å². The Morgan fingerprint density at radius 3 is 2.47 bits per heavy atom. The van der Waals surface area contributed by atoms with Crippen LogP contribution in [0.3, 0.4) is 0 Å². The summed E-state index contributed by atoms with van der Waals surface area (Å²) in [6, 6.07) is 14.8. The Morgan fingerprint density at radius 2 is 1.74 bits per heavy atom. The molecule has 1 saturated heterocycles. The molecule has 3 aromatic rings. The summed E-state index contributed by atoms with van der Waals surface area (Å²) in [6.07, 6.45) is 4.94. The predicted molar refractivity (Wildman–Crippen MR) is 132 cm³/mol. The lowest BCUT2D eigenvalue weighted by Gasteiger charge is -2.28. The smallest absolute Gasteiger partial charge is 0.248 e. The summed E-state index contributed by atoms with van der Waals surface area (Å²) in [5.41, 5.74) is 3.35. The number of carbonyl (C=O) groups is 1. The molecule has 0 saturated carbocycles. The van der Waals surface area contributed by atoms with Gasteiger partial charge in [-0.2, -0.15) is 5.10 Å². The molecule has 1 amide bonds. The molecule has 0 radical (unpaired) electrons. The zero-order valence-corrected chi connectivity index (χ0v) is 19.2. The van der Waals surface area contributed by atoms with Gasteiger partial charge in [0.1, 0.15) is 0 Å². The maximum absolute atomic E-state index is 12.3. The molecule has 1 aliphatic heterocycles. The van der Waals surface area contributed by atoms with Crippen LogP contribution >= 0.6 is 0 Å². The molecule has 0 unspecified atom stereocenters. The number of benzene rings is 2. The Morgan fingerprint density at radius 1 is 1.00 bits per heavy atom. The first kappa shape index (κ1) is 23.1. The Hall–Kier alpha value is -4.11. The van der Waals surface area contributed by atoms with Crippen molar-refractivity contribution in [1.29, 1.82) is 0 Å². The molecule has 1 aliphatic rings. The molecule has 176 valence electrons. The minimum Gasteiger partial charge on any atom is -0.493 e. The van der Waals surface area contributed by atoms with Crippen molar-refractivity contribution >= 4 is 34.9 Å². The number of hydrogen-bond acceptors (Lipinski definition) is 8. The summed E-state index contributed by atoms with van der Waals surface area (Å²) in [7, 11) is 3.15. The molecule has 34 heavy (non-hydrogen) atoms. The number of amides is 1. The Labute approximate surface area is 198 Å². The van der Waals surface area contributed by atoms with Gasteiger partial charge in [0.2, 0.25) is 5.91 Å². The lowest BCUT2D eigenvalue weighted by atomic mass is 10.2. The second-order valence-electron chi connectivity index (χ2n) is 7.54. The summed E-state index contributed by atoms with van der Waals surface area (Å²) in [5.74, 6) is 1.66. The zero-order valence-electron chi connectivity index (χ0n) is 19.2. The van der Waals surface area contributed by atoms with E-state index in [9.17, 15) is 4.79 Å². The fraction of sp³-hybridized carbons (Fsp3) is 0.240. The van der Waals surface area contributed by atoms with E-state index in [1.54, 1.807) is 38.6 Å². The van der Waals surface area contributed by atoms with Crippen molar-refractivity contribution in [2.45, 2.75) is 0 Å². The molecule has 2 aromatic carbocycles. The van der Waals surface area contributed by atoms with Gasteiger partial charge >= 0.3 is 0 Å². The van der Waals surface area contributed by atoms with Gasteiger partial charge in [-0.1, -0.05) is 6.07 Å². The quantitative estimate of drug-likeness (QED) is 0.490. The first-order valence-electron chi connectivity index (χ1n) is 10.9. The number of ether oxygens (including phenoxy) is 3. The van der Waals surface area contributed by atoms with Gasteiger partial charge in [-0.3, -0.25) is 4.79 Å². The van der Waals surface area contributed by atoms with Gasteiger partial charge in [-0.25, -0.2) is 0 Å². The van der Waals surface area contributed by atoms with Gasteiger partial charge in [-0.15, -0.1) is 5.10 Å². The number of hydrogen-bond donors (Lipinski definition) is 2. The summed E-state index contributed by atoms with van der Waals surface area (Å²) >= 11 is 0. The van der Waals surface area contributed by atoms with Crippen LogP contribution < -0.4 is 25.0 Å². The maximum Gasteiger partial charge on any atom is 0.248 e. The third-order valence-electron chi connectivity index (χ3n) is 5.28. The largest absolute Gasteiger partial charge is 0.493 e. The van der Waals surface area contributed by atoms with E-state index >= 15 is 0 Å². The molecular weight excluding hydrogens is 434 g/mol. The molecule has 0 spiro atoms. The second-order valence-corrected chi connectivity index (χ2v) is 7.54. The van der Waals surface area contributed by atoms with Crippen LogP contribution in [0.1, 0.15) is 5.56 Å². The van der Waals surface area contributed by atoms with E-state index in [1.807, 2.05) is 36.4 Å². The third-order valence-corrected chi connectivity index (χ3v) is 5.28. The summed E-state index contributed by atoms with van der Waals surface area (Å²) in [5, 5.41) is 14.4. The van der Waals surface area contributed by atoms with E-state index in [0.29, 0.717) is 36.2 Å². The highest BCUT2D eigenvalue weighted by Crippen LogP contribution is 2.28. The molecule has 1 fully saturated rings. The van der Waals surface area contributed by atoms with Crippen LogP contribution in [0.4, 0.5) is 22.9 Å². The molecule has 2 N–H and O–H groups in total. The number of nitrogens with zero attached hydrogens (tertiary/aromatic N) is 3. The number of aromatic nitrogens is 2. The monoisotopic (exact) mass is 461 g/mol. The van der Waals surface area contributed by atoms with Crippen molar-refractivity contribution in [2.75, 3.05) is 56.1 Å². The molecule has 0 atom stereocenters. The number of anilines is 4. The van der Waals surface area contributed by atoms with Crippen LogP contribution in [-0.4, -0.2) is 56.6 Å². The number of rotatable bonds is 8. The average Bonchev–Trinajstić information content (AvgIpc) is 2.89. The van der Waals surface area contributed by atoms with Gasteiger partial charge in [0.05, 0.1) is 39.3 Å². The fourth-order valence-corrected chi connectivity index (χ4v) is 3.51. The molecule has 4 rings (SSSR count). The SMILES string of the molecule is COc1ccc(/C=C/C(=O)Nc2ccc(Nc3cc(N4CCOCC4)cnn3)cc2)cc1OC. The van der Waals surface area contributed by atoms with Crippen molar-refractivity contribution < 1.29 is 19.0 Å². The van der Waals surface area contributed by atoms with Gasteiger partial charge < -0.3 is 29.7 Å². The number of carbonyl (C=O) groups excluding carboxylic acids is 1. The normalized spacial score (nSPS) is 13.5. The molecule has 9 heteroatoms. The van der Waals surface area contributed by atoms with Crippen molar-refractivity contribution in [3.8, 4) is 11.5 Å². The lowest BCUT2D eigenvalue weighted by Crippen LogP contribution is -2.36. The minimum absolute atomic E-state index is 0.237. The van der Waals surface area contributed by atoms with E-state index in [0.717, 1.165) is 30.0 Å². The molecule has 0 aliphatic carbocycles. The van der Waals surface area contributed by atoms with E-state index in [1.165, 1.54) is 6.08 Å². The highest BCUT2D eigenvalue weighted by Gasteiger charge is 2.12. The molecule has 9 nitrogen and oxygen atoms in total. The highest BCUT2D eigenvalue weighted by molar-refractivity contribution is 6.02. The minimum atomic E-state index is -0.237. The standard InChI is InChI=1S/C25H27N5O4/c1-32-22-9-3-18(15-23(22)33-2)4-10-25(31)28-20-7-5-19(6-8-20)27-24-16-21(17-26-29-24)30-11-13-34-14-12-30/h3-10,15-17H,11-14H2,1-2H3,(H,27,29)(H,28,31)/b10-4+. The van der Waals surface area contributed by atoms with Gasteiger partial charge in [0.25, 0.3) is 0 Å². The number of nitrogens with one attached hydrogen (secondary N) is 2. The van der Waals surface area contributed by atoms with E-state index in [4.69, 9.17) is 14.2 Å². The Bertz CT molecular complexity index is 1140. The van der Waals surface area contributed by atoms with E-state index < -0.39 is 0 Å². The molecular formula is C25H27N5O4. The van der Waals surface area contributed by atoms with Crippen LogP contribution in [0.5, 0.6) is 11.5 Å². The lowest BCUT2D eigenvalue weighted by molar-refractivity contribution is -0.111. The predicted octanol–water partition coefficient (Wildman–Crippen LogP) is 3.73. The van der Waals surface area contributed by atoms with Crippen LogP contribution in [0.15, 0.2) is 60.8 Å².